The Morgan fingerprint density at radius 1 is 0.952 bits per heavy atom. The average Bonchev–Trinajstić information content (AvgIpc) is 3.75. The molecule has 7 rings (SSSR count). The van der Waals surface area contributed by atoms with Crippen molar-refractivity contribution in [3.8, 4) is 0 Å². The van der Waals surface area contributed by atoms with Gasteiger partial charge >= 0.3 is 0 Å². The van der Waals surface area contributed by atoms with Crippen LogP contribution in [0, 0.1) is 0 Å². The lowest BCUT2D eigenvalue weighted by molar-refractivity contribution is -0.0492. The standard InChI is InChI=1S/C22H25N13O7/c23-21-27-16-12(18(39)29-21)25-5-33(16)11-2-8(37)9(41-11)1-7-3-35(32-31-7)14-10(4-36)42-20(15(14)38)34-6-26-13-17(34)28-22(24)30-19(13)40/h3,5-6,8-11,14-15,20,36-38H,1-2,4H2,(H3,23,27,29,39)(H3,24,28,30,40)/t8-,9+,10+,11+,14+,15+,20+/m0/s1. The summed E-state index contributed by atoms with van der Waals surface area (Å²) in [6.07, 6.45) is -0.841. The number of aliphatic hydroxyl groups is 3. The monoisotopic (exact) mass is 583 g/mol. The van der Waals surface area contributed by atoms with Crippen LogP contribution in [0.4, 0.5) is 11.9 Å². The maximum atomic E-state index is 12.2. The molecule has 0 amide bonds. The molecule has 0 unspecified atom stereocenters. The van der Waals surface area contributed by atoms with Gasteiger partial charge in [-0.05, 0) is 0 Å². The second-order valence-corrected chi connectivity index (χ2v) is 10.1. The zero-order valence-electron chi connectivity index (χ0n) is 21.5. The maximum absolute atomic E-state index is 12.2. The van der Waals surface area contributed by atoms with Gasteiger partial charge in [-0.15, -0.1) is 5.10 Å². The fraction of sp³-hybridized carbons (Fsp3) is 0.455. The Hall–Kier alpha value is -4.76. The number of aliphatic hydroxyl groups excluding tert-OH is 3. The highest BCUT2D eigenvalue weighted by atomic mass is 16.5. The van der Waals surface area contributed by atoms with Crippen molar-refractivity contribution < 1.29 is 24.8 Å². The number of fused-ring (bicyclic) bond motifs is 2. The SMILES string of the molecule is Nc1nc2c(ncn2[C@@H]2O[C@H](CO)[C@@H](n3cc(C[C@H]4O[C@@H](n5cnc6c(=O)[nH]c(N)nc65)C[C@@H]4O)nn3)[C@H]2O)c(=O)[nH]1. The van der Waals surface area contributed by atoms with E-state index in [1.165, 1.54) is 26.5 Å². The van der Waals surface area contributed by atoms with E-state index in [-0.39, 0.29) is 47.1 Å². The number of aromatic nitrogens is 11. The summed E-state index contributed by atoms with van der Waals surface area (Å²) < 4.78 is 16.3. The topological polar surface area (TPSA) is 289 Å². The summed E-state index contributed by atoms with van der Waals surface area (Å²) in [4.78, 5) is 45.4. The third kappa shape index (κ3) is 4.11. The molecule has 0 aliphatic carbocycles. The summed E-state index contributed by atoms with van der Waals surface area (Å²) >= 11 is 0. The van der Waals surface area contributed by atoms with E-state index in [9.17, 15) is 24.9 Å². The molecule has 7 atom stereocenters. The highest BCUT2D eigenvalue weighted by Gasteiger charge is 2.47. The van der Waals surface area contributed by atoms with Crippen molar-refractivity contribution in [3.05, 3.63) is 45.3 Å². The summed E-state index contributed by atoms with van der Waals surface area (Å²) in [5.74, 6) is -0.204. The van der Waals surface area contributed by atoms with Crippen LogP contribution in [-0.4, -0.2) is 100 Å². The van der Waals surface area contributed by atoms with Crippen LogP contribution in [-0.2, 0) is 15.9 Å². The maximum Gasteiger partial charge on any atom is 0.280 e. The number of nitrogens with one attached hydrogen (secondary N) is 2. The number of anilines is 2. The van der Waals surface area contributed by atoms with E-state index in [1.807, 2.05) is 0 Å². The van der Waals surface area contributed by atoms with E-state index in [0.29, 0.717) is 5.69 Å². The first-order chi connectivity index (χ1) is 20.2. The van der Waals surface area contributed by atoms with Gasteiger partial charge in [-0.3, -0.25) is 28.7 Å². The molecule has 42 heavy (non-hydrogen) atoms. The number of nitrogen functional groups attached to an aromatic ring is 2. The number of hydrogen-bond acceptors (Lipinski definition) is 15. The van der Waals surface area contributed by atoms with Crippen LogP contribution in [0.3, 0.4) is 0 Å². The molecule has 0 spiro atoms. The summed E-state index contributed by atoms with van der Waals surface area (Å²) in [6, 6.07) is -0.868. The van der Waals surface area contributed by atoms with Gasteiger partial charge in [0.15, 0.2) is 28.6 Å². The number of nitrogens with zero attached hydrogens (tertiary/aromatic N) is 9. The minimum atomic E-state index is -1.26. The summed E-state index contributed by atoms with van der Waals surface area (Å²) in [7, 11) is 0. The van der Waals surface area contributed by atoms with Gasteiger partial charge in [-0.2, -0.15) is 9.97 Å². The van der Waals surface area contributed by atoms with Gasteiger partial charge in [0.05, 0.1) is 37.2 Å². The normalized spacial score (nSPS) is 27.9. The lowest BCUT2D eigenvalue weighted by Gasteiger charge is -2.19. The minimum Gasteiger partial charge on any atom is -0.394 e. The van der Waals surface area contributed by atoms with Crippen LogP contribution in [0.15, 0.2) is 28.4 Å². The highest BCUT2D eigenvalue weighted by molar-refractivity contribution is 5.71. The fourth-order valence-electron chi connectivity index (χ4n) is 5.55. The second kappa shape index (κ2) is 9.66. The van der Waals surface area contributed by atoms with Gasteiger partial charge in [0, 0.05) is 19.0 Å². The Kier molecular flexibility index (Phi) is 6.02. The van der Waals surface area contributed by atoms with Crippen LogP contribution in [0.1, 0.15) is 30.6 Å². The Morgan fingerprint density at radius 2 is 1.60 bits per heavy atom. The molecule has 5 aromatic heterocycles. The minimum absolute atomic E-state index is 0.00945. The first-order valence-corrected chi connectivity index (χ1v) is 12.8. The average molecular weight is 584 g/mol. The second-order valence-electron chi connectivity index (χ2n) is 10.1. The highest BCUT2D eigenvalue weighted by Crippen LogP contribution is 2.38. The largest absolute Gasteiger partial charge is 0.394 e. The van der Waals surface area contributed by atoms with Crippen LogP contribution in [0.5, 0.6) is 0 Å². The first kappa shape index (κ1) is 26.2. The Labute approximate surface area is 232 Å². The Bertz CT molecular complexity index is 1910. The molecule has 2 aliphatic rings. The molecular weight excluding hydrogens is 558 g/mol. The van der Waals surface area contributed by atoms with E-state index >= 15 is 0 Å². The first-order valence-electron chi connectivity index (χ1n) is 12.8. The number of rotatable bonds is 6. The molecule has 0 aromatic carbocycles. The van der Waals surface area contributed by atoms with Crippen molar-refractivity contribution >= 4 is 34.2 Å². The lowest BCUT2D eigenvalue weighted by Crippen LogP contribution is -2.31. The van der Waals surface area contributed by atoms with Gasteiger partial charge in [0.2, 0.25) is 11.9 Å². The molecule has 220 valence electrons. The zero-order valence-corrected chi connectivity index (χ0v) is 21.5. The summed E-state index contributed by atoms with van der Waals surface area (Å²) in [5, 5.41) is 40.3. The summed E-state index contributed by atoms with van der Waals surface area (Å²) in [5.41, 5.74) is 11.2. The lowest BCUT2D eigenvalue weighted by atomic mass is 10.1. The van der Waals surface area contributed by atoms with Crippen LogP contribution >= 0.6 is 0 Å². The predicted molar refractivity (Wildman–Crippen MR) is 139 cm³/mol. The van der Waals surface area contributed by atoms with Crippen LogP contribution in [0.25, 0.3) is 22.3 Å². The van der Waals surface area contributed by atoms with E-state index < -0.39 is 60.6 Å². The van der Waals surface area contributed by atoms with E-state index in [0.717, 1.165) is 0 Å². The third-order valence-corrected chi connectivity index (χ3v) is 7.48. The number of nitrogens with two attached hydrogens (primary N) is 2. The van der Waals surface area contributed by atoms with Crippen LogP contribution in [0.2, 0.25) is 0 Å². The van der Waals surface area contributed by atoms with Gasteiger partial charge in [-0.1, -0.05) is 5.21 Å². The van der Waals surface area contributed by atoms with Gasteiger partial charge in [0.25, 0.3) is 11.1 Å². The van der Waals surface area contributed by atoms with Crippen molar-refractivity contribution in [2.75, 3.05) is 18.1 Å². The zero-order chi connectivity index (χ0) is 29.3. The molecule has 0 saturated carbocycles. The molecule has 7 heterocycles. The van der Waals surface area contributed by atoms with Gasteiger partial charge < -0.3 is 36.3 Å². The van der Waals surface area contributed by atoms with Crippen molar-refractivity contribution in [2.45, 2.75) is 55.8 Å². The molecule has 2 saturated heterocycles. The van der Waals surface area contributed by atoms with Crippen molar-refractivity contribution in [1.29, 1.82) is 0 Å². The van der Waals surface area contributed by atoms with Crippen molar-refractivity contribution in [2.24, 2.45) is 0 Å². The van der Waals surface area contributed by atoms with Crippen molar-refractivity contribution in [1.82, 2.24) is 54.0 Å². The van der Waals surface area contributed by atoms with E-state index in [2.05, 4.69) is 40.2 Å². The predicted octanol–water partition coefficient (Wildman–Crippen LogP) is -3.31. The molecule has 0 radical (unpaired) electrons. The number of ether oxygens (including phenoxy) is 2. The molecular formula is C22H25N13O7. The molecule has 9 N–H and O–H groups in total. The van der Waals surface area contributed by atoms with Crippen molar-refractivity contribution in [3.63, 3.8) is 0 Å². The molecule has 5 aromatic rings. The number of hydrogen-bond donors (Lipinski definition) is 7. The number of H-pyrrole nitrogens is 2. The number of aromatic amines is 2. The van der Waals surface area contributed by atoms with Gasteiger partial charge in [0.1, 0.15) is 24.5 Å². The molecule has 20 nitrogen and oxygen atoms in total. The third-order valence-electron chi connectivity index (χ3n) is 7.48. The quantitative estimate of drug-likeness (QED) is 0.103. The molecule has 20 heteroatoms. The number of imidazole rings is 2. The van der Waals surface area contributed by atoms with E-state index in [1.54, 1.807) is 6.20 Å². The molecule has 2 aliphatic heterocycles. The molecule has 2 fully saturated rings. The molecule has 0 bridgehead atoms. The van der Waals surface area contributed by atoms with Gasteiger partial charge in [-0.25, -0.2) is 14.6 Å². The fourth-order valence-corrected chi connectivity index (χ4v) is 5.55. The Balaban J connectivity index is 1.10. The van der Waals surface area contributed by atoms with E-state index in [4.69, 9.17) is 20.9 Å². The summed E-state index contributed by atoms with van der Waals surface area (Å²) in [6.45, 7) is -0.456. The smallest absolute Gasteiger partial charge is 0.280 e. The Morgan fingerprint density at radius 3 is 2.26 bits per heavy atom. The van der Waals surface area contributed by atoms with Crippen LogP contribution < -0.4 is 22.6 Å².